The molecular weight excluding hydrogens is 394 g/mol. The second-order valence-electron chi connectivity index (χ2n) is 7.70. The summed E-state index contributed by atoms with van der Waals surface area (Å²) in [5, 5.41) is 2.78. The molecule has 0 radical (unpaired) electrons. The zero-order valence-corrected chi connectivity index (χ0v) is 17.5. The van der Waals surface area contributed by atoms with Crippen molar-refractivity contribution in [1.29, 1.82) is 0 Å². The lowest BCUT2D eigenvalue weighted by molar-refractivity contribution is -0.128. The Balaban J connectivity index is 1.56. The van der Waals surface area contributed by atoms with Crippen LogP contribution in [0.4, 0.5) is 5.69 Å². The van der Waals surface area contributed by atoms with Gasteiger partial charge in [-0.2, -0.15) is 0 Å². The molecule has 9 heteroatoms. The predicted octanol–water partition coefficient (Wildman–Crippen LogP) is 1.73. The highest BCUT2D eigenvalue weighted by molar-refractivity contribution is 7.89. The molecular formula is C20H29N3O5S. The number of hydrogen-bond donors (Lipinski definition) is 2. The fraction of sp³-hybridized carbons (Fsp3) is 0.600. The number of likely N-dealkylation sites (tertiary alicyclic amines) is 1. The Morgan fingerprint density at radius 2 is 1.86 bits per heavy atom. The lowest BCUT2D eigenvalue weighted by atomic mass is 9.96. The zero-order valence-electron chi connectivity index (χ0n) is 16.7. The Labute approximate surface area is 172 Å². The minimum atomic E-state index is -3.57. The van der Waals surface area contributed by atoms with Crippen molar-refractivity contribution < 1.29 is 22.7 Å². The van der Waals surface area contributed by atoms with Crippen LogP contribution in [-0.4, -0.2) is 58.0 Å². The minimum absolute atomic E-state index is 0.00548. The number of hydrogen-bond acceptors (Lipinski definition) is 5. The van der Waals surface area contributed by atoms with Crippen molar-refractivity contribution in [3.05, 3.63) is 24.3 Å². The first-order valence-corrected chi connectivity index (χ1v) is 11.6. The van der Waals surface area contributed by atoms with E-state index in [1.807, 2.05) is 0 Å². The molecule has 1 aliphatic carbocycles. The van der Waals surface area contributed by atoms with Gasteiger partial charge < -0.3 is 15.0 Å². The molecule has 1 aromatic carbocycles. The van der Waals surface area contributed by atoms with E-state index in [0.717, 1.165) is 32.1 Å². The summed E-state index contributed by atoms with van der Waals surface area (Å²) in [4.78, 5) is 26.3. The van der Waals surface area contributed by atoms with Crippen molar-refractivity contribution in [3.63, 3.8) is 0 Å². The first-order chi connectivity index (χ1) is 13.9. The number of ether oxygens (including phenoxy) is 1. The van der Waals surface area contributed by atoms with Gasteiger partial charge in [-0.3, -0.25) is 9.59 Å². The van der Waals surface area contributed by atoms with Crippen molar-refractivity contribution in [2.24, 2.45) is 5.92 Å². The van der Waals surface area contributed by atoms with Gasteiger partial charge in [-0.25, -0.2) is 13.1 Å². The molecule has 1 aromatic rings. The molecule has 2 fully saturated rings. The standard InChI is InChI=1S/C20H29N3O5S/c1-28-12-11-23-14-15(13-19(23)24)20(25)21-16-7-9-18(10-8-16)29(26,27)22-17-5-3-2-4-6-17/h7-10,15,17,22H,2-6,11-14H2,1H3,(H,21,25). The summed E-state index contributed by atoms with van der Waals surface area (Å²) in [6.07, 6.45) is 5.16. The quantitative estimate of drug-likeness (QED) is 0.663. The summed E-state index contributed by atoms with van der Waals surface area (Å²) in [5.41, 5.74) is 0.509. The van der Waals surface area contributed by atoms with Crippen molar-refractivity contribution in [3.8, 4) is 0 Å². The first kappa shape index (κ1) is 21.7. The summed E-state index contributed by atoms with van der Waals surface area (Å²) in [6, 6.07) is 6.13. The van der Waals surface area contributed by atoms with Crippen LogP contribution in [-0.2, 0) is 24.3 Å². The summed E-state index contributed by atoms with van der Waals surface area (Å²) in [7, 11) is -2.00. The molecule has 29 heavy (non-hydrogen) atoms. The molecule has 1 unspecified atom stereocenters. The third-order valence-corrected chi connectivity index (χ3v) is 7.05. The van der Waals surface area contributed by atoms with Gasteiger partial charge in [0.05, 0.1) is 17.4 Å². The van der Waals surface area contributed by atoms with Crippen molar-refractivity contribution in [2.45, 2.75) is 49.5 Å². The van der Waals surface area contributed by atoms with Gasteiger partial charge in [0.15, 0.2) is 0 Å². The third kappa shape index (κ3) is 5.77. The summed E-state index contributed by atoms with van der Waals surface area (Å²) < 4.78 is 32.9. The molecule has 1 atom stereocenters. The molecule has 0 spiro atoms. The van der Waals surface area contributed by atoms with Gasteiger partial charge in [0.2, 0.25) is 21.8 Å². The van der Waals surface area contributed by atoms with Crippen LogP contribution in [0.5, 0.6) is 0 Å². The Bertz CT molecular complexity index is 819. The maximum absolute atomic E-state index is 12.5. The molecule has 2 aliphatic rings. The minimum Gasteiger partial charge on any atom is -0.383 e. The van der Waals surface area contributed by atoms with E-state index in [-0.39, 0.29) is 29.2 Å². The Kier molecular flexibility index (Phi) is 7.26. The highest BCUT2D eigenvalue weighted by Crippen LogP contribution is 2.22. The maximum atomic E-state index is 12.5. The van der Waals surface area contributed by atoms with E-state index in [1.54, 1.807) is 24.1 Å². The number of nitrogens with one attached hydrogen (secondary N) is 2. The molecule has 0 aromatic heterocycles. The SMILES string of the molecule is COCCN1CC(C(=O)Nc2ccc(S(=O)(=O)NC3CCCCC3)cc2)CC1=O. The molecule has 160 valence electrons. The van der Waals surface area contributed by atoms with Gasteiger partial charge in [0.1, 0.15) is 0 Å². The van der Waals surface area contributed by atoms with Crippen LogP contribution in [0, 0.1) is 5.92 Å². The fourth-order valence-corrected chi connectivity index (χ4v) is 5.14. The summed E-state index contributed by atoms with van der Waals surface area (Å²) >= 11 is 0. The number of benzene rings is 1. The largest absolute Gasteiger partial charge is 0.383 e. The average molecular weight is 424 g/mol. The molecule has 0 bridgehead atoms. The number of sulfonamides is 1. The van der Waals surface area contributed by atoms with Crippen molar-refractivity contribution in [2.75, 3.05) is 32.1 Å². The van der Waals surface area contributed by atoms with Gasteiger partial charge >= 0.3 is 0 Å². The molecule has 1 saturated heterocycles. The van der Waals surface area contributed by atoms with Gasteiger partial charge in [-0.05, 0) is 37.1 Å². The Morgan fingerprint density at radius 3 is 2.52 bits per heavy atom. The number of amides is 2. The van der Waals surface area contributed by atoms with Crippen LogP contribution in [0.2, 0.25) is 0 Å². The second kappa shape index (κ2) is 9.69. The van der Waals surface area contributed by atoms with Crippen LogP contribution in [0.15, 0.2) is 29.2 Å². The topological polar surface area (TPSA) is 105 Å². The van der Waals surface area contributed by atoms with E-state index in [1.165, 1.54) is 12.1 Å². The van der Waals surface area contributed by atoms with Crippen LogP contribution in [0.25, 0.3) is 0 Å². The summed E-state index contributed by atoms with van der Waals surface area (Å²) in [5.74, 6) is -0.720. The smallest absolute Gasteiger partial charge is 0.240 e. The Hall–Kier alpha value is -1.97. The Morgan fingerprint density at radius 1 is 1.17 bits per heavy atom. The number of carbonyl (C=O) groups is 2. The fourth-order valence-electron chi connectivity index (χ4n) is 3.83. The van der Waals surface area contributed by atoms with E-state index in [2.05, 4.69) is 10.0 Å². The van der Waals surface area contributed by atoms with Crippen LogP contribution >= 0.6 is 0 Å². The molecule has 8 nitrogen and oxygen atoms in total. The second-order valence-corrected chi connectivity index (χ2v) is 9.42. The van der Waals surface area contributed by atoms with E-state index in [4.69, 9.17) is 4.74 Å². The van der Waals surface area contributed by atoms with Crippen molar-refractivity contribution >= 4 is 27.5 Å². The van der Waals surface area contributed by atoms with Gasteiger partial charge in [0, 0.05) is 38.3 Å². The summed E-state index contributed by atoms with van der Waals surface area (Å²) in [6.45, 7) is 1.27. The lowest BCUT2D eigenvalue weighted by Gasteiger charge is -2.22. The molecule has 3 rings (SSSR count). The van der Waals surface area contributed by atoms with E-state index in [0.29, 0.717) is 25.4 Å². The third-order valence-electron chi connectivity index (χ3n) is 5.51. The van der Waals surface area contributed by atoms with Gasteiger partial charge in [-0.1, -0.05) is 19.3 Å². The predicted molar refractivity (Wildman–Crippen MR) is 109 cm³/mol. The number of carbonyl (C=O) groups excluding carboxylic acids is 2. The lowest BCUT2D eigenvalue weighted by Crippen LogP contribution is -2.36. The van der Waals surface area contributed by atoms with E-state index >= 15 is 0 Å². The van der Waals surface area contributed by atoms with E-state index in [9.17, 15) is 18.0 Å². The average Bonchev–Trinajstić information content (AvgIpc) is 3.08. The molecule has 2 N–H and O–H groups in total. The first-order valence-electron chi connectivity index (χ1n) is 10.1. The number of methoxy groups -OCH3 is 1. The highest BCUT2D eigenvalue weighted by atomic mass is 32.2. The maximum Gasteiger partial charge on any atom is 0.240 e. The van der Waals surface area contributed by atoms with Crippen LogP contribution in [0.3, 0.4) is 0 Å². The van der Waals surface area contributed by atoms with Crippen LogP contribution < -0.4 is 10.0 Å². The van der Waals surface area contributed by atoms with Gasteiger partial charge in [0.25, 0.3) is 0 Å². The number of nitrogens with zero attached hydrogens (tertiary/aromatic N) is 1. The normalized spacial score (nSPS) is 20.8. The van der Waals surface area contributed by atoms with Crippen molar-refractivity contribution in [1.82, 2.24) is 9.62 Å². The molecule has 1 heterocycles. The molecule has 1 saturated carbocycles. The zero-order chi connectivity index (χ0) is 20.9. The highest BCUT2D eigenvalue weighted by Gasteiger charge is 2.34. The molecule has 2 amide bonds. The van der Waals surface area contributed by atoms with Gasteiger partial charge in [-0.15, -0.1) is 0 Å². The van der Waals surface area contributed by atoms with Crippen LogP contribution in [0.1, 0.15) is 38.5 Å². The van der Waals surface area contributed by atoms with E-state index < -0.39 is 15.9 Å². The number of rotatable bonds is 8. The number of anilines is 1. The monoisotopic (exact) mass is 423 g/mol. The molecule has 1 aliphatic heterocycles.